The van der Waals surface area contributed by atoms with Gasteiger partial charge in [-0.3, -0.25) is 0 Å². The fourth-order valence-corrected chi connectivity index (χ4v) is 2.12. The Labute approximate surface area is 99.4 Å². The fourth-order valence-electron chi connectivity index (χ4n) is 1.62. The number of halogens is 2. The minimum Gasteiger partial charge on any atom is -0.301 e. The quantitative estimate of drug-likeness (QED) is 0.761. The number of alkyl halides is 1. The third-order valence-electron chi connectivity index (χ3n) is 2.31. The van der Waals surface area contributed by atoms with Crippen LogP contribution in [0.1, 0.15) is 18.1 Å². The van der Waals surface area contributed by atoms with E-state index in [0.717, 1.165) is 18.7 Å². The van der Waals surface area contributed by atoms with Crippen molar-refractivity contribution < 1.29 is 4.39 Å². The Hall–Kier alpha value is -0.410. The van der Waals surface area contributed by atoms with Gasteiger partial charge in [-0.15, -0.1) is 0 Å². The highest BCUT2D eigenvalue weighted by Crippen LogP contribution is 2.12. The Morgan fingerprint density at radius 2 is 2.13 bits per heavy atom. The van der Waals surface area contributed by atoms with E-state index in [1.165, 1.54) is 11.6 Å². The van der Waals surface area contributed by atoms with E-state index < -0.39 is 0 Å². The van der Waals surface area contributed by atoms with E-state index in [4.69, 9.17) is 0 Å². The zero-order chi connectivity index (χ0) is 11.4. The molecule has 1 aromatic carbocycles. The highest BCUT2D eigenvalue weighted by atomic mass is 79.9. The molecule has 0 aliphatic rings. The summed E-state index contributed by atoms with van der Waals surface area (Å²) in [5, 5.41) is 0. The van der Waals surface area contributed by atoms with Gasteiger partial charge in [-0.25, -0.2) is 4.39 Å². The molecule has 1 rings (SSSR count). The topological polar surface area (TPSA) is 3.24 Å². The first-order chi connectivity index (χ1) is 6.99. The van der Waals surface area contributed by atoms with Crippen LogP contribution < -0.4 is 0 Å². The second-order valence-electron chi connectivity index (χ2n) is 4.05. The first-order valence-corrected chi connectivity index (χ1v) is 5.98. The predicted molar refractivity (Wildman–Crippen MR) is 65.9 cm³/mol. The van der Waals surface area contributed by atoms with Gasteiger partial charge in [0.15, 0.2) is 0 Å². The van der Waals surface area contributed by atoms with E-state index >= 15 is 0 Å². The second-order valence-corrected chi connectivity index (χ2v) is 5.61. The summed E-state index contributed by atoms with van der Waals surface area (Å²) in [6.45, 7) is 5.91. The van der Waals surface area contributed by atoms with Gasteiger partial charge in [-0.2, -0.15) is 0 Å². The van der Waals surface area contributed by atoms with Crippen molar-refractivity contribution in [2.75, 3.05) is 13.6 Å². The molecular weight excluding hydrogens is 257 g/mol. The molecule has 15 heavy (non-hydrogen) atoms. The molecule has 0 bridgehead atoms. The number of aryl methyl sites for hydroxylation is 1. The molecule has 0 amide bonds. The Kier molecular flexibility index (Phi) is 4.74. The van der Waals surface area contributed by atoms with Crippen LogP contribution in [0.15, 0.2) is 18.2 Å². The molecule has 1 unspecified atom stereocenters. The summed E-state index contributed by atoms with van der Waals surface area (Å²) in [6, 6.07) is 4.97. The van der Waals surface area contributed by atoms with Gasteiger partial charge in [-0.05, 0) is 37.2 Å². The summed E-state index contributed by atoms with van der Waals surface area (Å²) < 4.78 is 12.9. The summed E-state index contributed by atoms with van der Waals surface area (Å²) in [5.74, 6) is -0.159. The lowest BCUT2D eigenvalue weighted by Gasteiger charge is -2.19. The molecule has 0 aliphatic heterocycles. The normalized spacial score (nSPS) is 13.2. The molecule has 1 aromatic rings. The highest BCUT2D eigenvalue weighted by molar-refractivity contribution is 9.09. The zero-order valence-corrected chi connectivity index (χ0v) is 11.0. The summed E-state index contributed by atoms with van der Waals surface area (Å²) in [6.07, 6.45) is 0. The molecule has 0 spiro atoms. The number of hydrogen-bond donors (Lipinski definition) is 0. The number of benzene rings is 1. The lowest BCUT2D eigenvalue weighted by atomic mass is 10.1. The van der Waals surface area contributed by atoms with Crippen LogP contribution in [0, 0.1) is 12.7 Å². The standard InChI is InChI=1S/C12H17BrFN/c1-9-6-12(14)5-4-11(9)8-15(3)7-10(2)13/h4-6,10H,7-8H2,1-3H3. The first-order valence-electron chi connectivity index (χ1n) is 5.06. The molecule has 84 valence electrons. The maximum absolute atomic E-state index is 12.9. The second kappa shape index (κ2) is 5.61. The zero-order valence-electron chi connectivity index (χ0n) is 9.43. The minimum absolute atomic E-state index is 0.159. The van der Waals surface area contributed by atoms with Gasteiger partial charge in [0.1, 0.15) is 5.82 Å². The predicted octanol–water partition coefficient (Wildman–Crippen LogP) is 3.35. The molecule has 3 heteroatoms. The van der Waals surface area contributed by atoms with Gasteiger partial charge in [0.2, 0.25) is 0 Å². The van der Waals surface area contributed by atoms with E-state index in [-0.39, 0.29) is 5.82 Å². The molecule has 1 atom stereocenters. The maximum Gasteiger partial charge on any atom is 0.123 e. The summed E-state index contributed by atoms with van der Waals surface area (Å²) in [4.78, 5) is 2.70. The van der Waals surface area contributed by atoms with E-state index in [1.807, 2.05) is 13.0 Å². The van der Waals surface area contributed by atoms with Crippen LogP contribution in [-0.4, -0.2) is 23.3 Å². The Balaban J connectivity index is 2.64. The van der Waals surface area contributed by atoms with E-state index in [0.29, 0.717) is 4.83 Å². The lowest BCUT2D eigenvalue weighted by Crippen LogP contribution is -2.24. The smallest absolute Gasteiger partial charge is 0.123 e. The van der Waals surface area contributed by atoms with Crippen molar-refractivity contribution in [2.24, 2.45) is 0 Å². The molecule has 1 nitrogen and oxygen atoms in total. The largest absolute Gasteiger partial charge is 0.301 e. The van der Waals surface area contributed by atoms with Gasteiger partial charge in [0.05, 0.1) is 0 Å². The lowest BCUT2D eigenvalue weighted by molar-refractivity contribution is 0.332. The minimum atomic E-state index is -0.159. The summed E-state index contributed by atoms with van der Waals surface area (Å²) in [7, 11) is 2.07. The van der Waals surface area contributed by atoms with Crippen LogP contribution in [-0.2, 0) is 6.54 Å². The van der Waals surface area contributed by atoms with Crippen LogP contribution in [0.25, 0.3) is 0 Å². The van der Waals surface area contributed by atoms with Crippen molar-refractivity contribution in [1.29, 1.82) is 0 Å². The third-order valence-corrected chi connectivity index (χ3v) is 2.60. The Morgan fingerprint density at radius 3 is 2.67 bits per heavy atom. The summed E-state index contributed by atoms with van der Waals surface area (Å²) >= 11 is 3.52. The molecule has 0 N–H and O–H groups in total. The van der Waals surface area contributed by atoms with Crippen LogP contribution in [0.3, 0.4) is 0 Å². The average Bonchev–Trinajstić information content (AvgIpc) is 2.08. The van der Waals surface area contributed by atoms with Crippen molar-refractivity contribution in [3.8, 4) is 0 Å². The SMILES string of the molecule is Cc1cc(F)ccc1CN(C)CC(C)Br. The molecule has 0 aliphatic carbocycles. The monoisotopic (exact) mass is 273 g/mol. The van der Waals surface area contributed by atoms with Gasteiger partial charge in [0, 0.05) is 17.9 Å². The fraction of sp³-hybridized carbons (Fsp3) is 0.500. The molecule has 0 radical (unpaired) electrons. The average molecular weight is 274 g/mol. The first kappa shape index (κ1) is 12.7. The third kappa shape index (κ3) is 4.31. The van der Waals surface area contributed by atoms with Crippen LogP contribution in [0.5, 0.6) is 0 Å². The molecule has 0 heterocycles. The molecule has 0 aromatic heterocycles. The van der Waals surface area contributed by atoms with Crippen molar-refractivity contribution >= 4 is 15.9 Å². The van der Waals surface area contributed by atoms with Crippen molar-refractivity contribution in [3.05, 3.63) is 35.1 Å². The molecule has 0 saturated heterocycles. The maximum atomic E-state index is 12.9. The van der Waals surface area contributed by atoms with Crippen molar-refractivity contribution in [2.45, 2.75) is 25.2 Å². The molecule has 0 fully saturated rings. The van der Waals surface area contributed by atoms with Crippen molar-refractivity contribution in [1.82, 2.24) is 4.90 Å². The Morgan fingerprint density at radius 1 is 1.47 bits per heavy atom. The van der Waals surface area contributed by atoms with Gasteiger partial charge in [-0.1, -0.05) is 28.9 Å². The highest BCUT2D eigenvalue weighted by Gasteiger charge is 2.06. The Bertz CT molecular complexity index is 325. The molecule has 0 saturated carbocycles. The van der Waals surface area contributed by atoms with Crippen LogP contribution in [0.4, 0.5) is 4.39 Å². The van der Waals surface area contributed by atoms with Crippen LogP contribution in [0.2, 0.25) is 0 Å². The van der Waals surface area contributed by atoms with E-state index in [1.54, 1.807) is 6.07 Å². The molecular formula is C12H17BrFN. The number of rotatable bonds is 4. The van der Waals surface area contributed by atoms with Gasteiger partial charge >= 0.3 is 0 Å². The van der Waals surface area contributed by atoms with Gasteiger partial charge in [0.25, 0.3) is 0 Å². The van der Waals surface area contributed by atoms with E-state index in [2.05, 4.69) is 34.8 Å². The number of nitrogens with zero attached hydrogens (tertiary/aromatic N) is 1. The van der Waals surface area contributed by atoms with Gasteiger partial charge < -0.3 is 4.90 Å². The van der Waals surface area contributed by atoms with Crippen LogP contribution >= 0.6 is 15.9 Å². The summed E-state index contributed by atoms with van der Waals surface area (Å²) in [5.41, 5.74) is 2.20. The number of hydrogen-bond acceptors (Lipinski definition) is 1. The van der Waals surface area contributed by atoms with Crippen molar-refractivity contribution in [3.63, 3.8) is 0 Å². The van der Waals surface area contributed by atoms with E-state index in [9.17, 15) is 4.39 Å².